The van der Waals surface area contributed by atoms with Gasteiger partial charge in [0.15, 0.2) is 0 Å². The van der Waals surface area contributed by atoms with Crippen molar-refractivity contribution in [1.29, 1.82) is 0 Å². The van der Waals surface area contributed by atoms with Crippen LogP contribution in [-0.4, -0.2) is 17.5 Å². The van der Waals surface area contributed by atoms with Gasteiger partial charge in [0, 0.05) is 11.8 Å². The number of nitrogens with zero attached hydrogens (tertiary/aromatic N) is 1. The van der Waals surface area contributed by atoms with Gasteiger partial charge < -0.3 is 10.1 Å². The first-order chi connectivity index (χ1) is 12.2. The van der Waals surface area contributed by atoms with E-state index in [4.69, 9.17) is 4.74 Å². The number of benzene rings is 2. The normalized spacial score (nSPS) is 10.3. The molecule has 5 heteroatoms. The molecule has 1 heterocycles. The largest absolute Gasteiger partial charge is 0.492 e. The third-order valence-corrected chi connectivity index (χ3v) is 3.60. The van der Waals surface area contributed by atoms with Crippen molar-refractivity contribution in [2.45, 2.75) is 6.92 Å². The molecule has 4 nitrogen and oxygen atoms in total. The molecule has 0 fully saturated rings. The van der Waals surface area contributed by atoms with Gasteiger partial charge in [-0.15, -0.1) is 0 Å². The summed E-state index contributed by atoms with van der Waals surface area (Å²) in [6.45, 7) is 2.40. The van der Waals surface area contributed by atoms with Crippen molar-refractivity contribution in [1.82, 2.24) is 4.98 Å². The van der Waals surface area contributed by atoms with Gasteiger partial charge in [-0.3, -0.25) is 9.78 Å². The molecular formula is C20H17FN2O2. The summed E-state index contributed by atoms with van der Waals surface area (Å²) in [5.41, 5.74) is 2.50. The average Bonchev–Trinajstić information content (AvgIpc) is 2.64. The number of rotatable bonds is 5. The standard InChI is InChI=1S/C20H17FN2O2/c1-2-25-19-6-4-3-5-18(19)23-20(24)15-9-12-17(22-13-15)14-7-10-16(21)11-8-14/h3-13H,2H2,1H3,(H,23,24). The van der Waals surface area contributed by atoms with E-state index in [0.717, 1.165) is 5.56 Å². The van der Waals surface area contributed by atoms with E-state index in [2.05, 4.69) is 10.3 Å². The second kappa shape index (κ2) is 7.57. The van der Waals surface area contributed by atoms with Crippen LogP contribution in [0.25, 0.3) is 11.3 Å². The molecule has 0 aliphatic carbocycles. The Morgan fingerprint density at radius 1 is 1.08 bits per heavy atom. The summed E-state index contributed by atoms with van der Waals surface area (Å²) in [6, 6.07) is 16.7. The molecule has 0 saturated heterocycles. The minimum Gasteiger partial charge on any atom is -0.492 e. The highest BCUT2D eigenvalue weighted by Crippen LogP contribution is 2.24. The number of anilines is 1. The van der Waals surface area contributed by atoms with Gasteiger partial charge in [0.25, 0.3) is 5.91 Å². The van der Waals surface area contributed by atoms with Gasteiger partial charge in [0.05, 0.1) is 23.6 Å². The Labute approximate surface area is 145 Å². The number of para-hydroxylation sites is 2. The first-order valence-electron chi connectivity index (χ1n) is 7.92. The SMILES string of the molecule is CCOc1ccccc1NC(=O)c1ccc(-c2ccc(F)cc2)nc1. The second-order valence-corrected chi connectivity index (χ2v) is 5.32. The number of ether oxygens (including phenoxy) is 1. The lowest BCUT2D eigenvalue weighted by Gasteiger charge is -2.11. The van der Waals surface area contributed by atoms with Gasteiger partial charge in [-0.1, -0.05) is 12.1 Å². The Bertz CT molecular complexity index is 862. The monoisotopic (exact) mass is 336 g/mol. The fourth-order valence-corrected chi connectivity index (χ4v) is 2.37. The summed E-state index contributed by atoms with van der Waals surface area (Å²) in [5, 5.41) is 2.82. The van der Waals surface area contributed by atoms with Crippen LogP contribution in [-0.2, 0) is 0 Å². The van der Waals surface area contributed by atoms with E-state index in [9.17, 15) is 9.18 Å². The molecule has 126 valence electrons. The van der Waals surface area contributed by atoms with Crippen LogP contribution < -0.4 is 10.1 Å². The highest BCUT2D eigenvalue weighted by Gasteiger charge is 2.10. The average molecular weight is 336 g/mol. The Hall–Kier alpha value is -3.21. The Morgan fingerprint density at radius 2 is 1.84 bits per heavy atom. The minimum absolute atomic E-state index is 0.273. The molecule has 0 saturated carbocycles. The molecule has 1 aromatic heterocycles. The Morgan fingerprint density at radius 3 is 2.52 bits per heavy atom. The van der Waals surface area contributed by atoms with Crippen molar-refractivity contribution in [2.24, 2.45) is 0 Å². The lowest BCUT2D eigenvalue weighted by Crippen LogP contribution is -2.13. The summed E-state index contributed by atoms with van der Waals surface area (Å²) >= 11 is 0. The number of aromatic nitrogens is 1. The molecule has 0 spiro atoms. The fourth-order valence-electron chi connectivity index (χ4n) is 2.37. The molecule has 0 bridgehead atoms. The van der Waals surface area contributed by atoms with Crippen LogP contribution in [0.4, 0.5) is 10.1 Å². The Balaban J connectivity index is 1.76. The van der Waals surface area contributed by atoms with Gasteiger partial charge in [-0.25, -0.2) is 4.39 Å². The van der Waals surface area contributed by atoms with Crippen LogP contribution in [0.5, 0.6) is 5.75 Å². The molecule has 0 radical (unpaired) electrons. The van der Waals surface area contributed by atoms with E-state index in [1.54, 1.807) is 36.4 Å². The maximum Gasteiger partial charge on any atom is 0.257 e. The van der Waals surface area contributed by atoms with Gasteiger partial charge in [-0.2, -0.15) is 0 Å². The zero-order valence-electron chi connectivity index (χ0n) is 13.7. The van der Waals surface area contributed by atoms with E-state index < -0.39 is 0 Å². The molecular weight excluding hydrogens is 319 g/mol. The quantitative estimate of drug-likeness (QED) is 0.744. The number of carbonyl (C=O) groups excluding carboxylic acids is 1. The molecule has 2 aromatic carbocycles. The fraction of sp³-hybridized carbons (Fsp3) is 0.100. The van der Waals surface area contributed by atoms with Crippen molar-refractivity contribution in [3.05, 3.63) is 78.2 Å². The molecule has 1 amide bonds. The summed E-state index contributed by atoms with van der Waals surface area (Å²) in [6.07, 6.45) is 1.50. The molecule has 3 rings (SSSR count). The summed E-state index contributed by atoms with van der Waals surface area (Å²) in [4.78, 5) is 16.7. The molecule has 1 N–H and O–H groups in total. The van der Waals surface area contributed by atoms with Crippen molar-refractivity contribution in [2.75, 3.05) is 11.9 Å². The number of amides is 1. The smallest absolute Gasteiger partial charge is 0.257 e. The number of carbonyl (C=O) groups is 1. The number of nitrogens with one attached hydrogen (secondary N) is 1. The predicted molar refractivity (Wildman–Crippen MR) is 95.2 cm³/mol. The van der Waals surface area contributed by atoms with Crippen LogP contribution in [0.3, 0.4) is 0 Å². The second-order valence-electron chi connectivity index (χ2n) is 5.32. The van der Waals surface area contributed by atoms with Crippen LogP contribution in [0, 0.1) is 5.82 Å². The van der Waals surface area contributed by atoms with E-state index in [1.807, 2.05) is 19.1 Å². The zero-order chi connectivity index (χ0) is 17.6. The maximum atomic E-state index is 13.0. The zero-order valence-corrected chi connectivity index (χ0v) is 13.7. The third-order valence-electron chi connectivity index (χ3n) is 3.60. The molecule has 3 aromatic rings. The summed E-state index contributed by atoms with van der Waals surface area (Å²) in [5.74, 6) is 0.0484. The summed E-state index contributed by atoms with van der Waals surface area (Å²) in [7, 11) is 0. The first-order valence-corrected chi connectivity index (χ1v) is 7.92. The van der Waals surface area contributed by atoms with Crippen molar-refractivity contribution < 1.29 is 13.9 Å². The van der Waals surface area contributed by atoms with Gasteiger partial charge in [-0.05, 0) is 55.5 Å². The first kappa shape index (κ1) is 16.6. The lowest BCUT2D eigenvalue weighted by molar-refractivity contribution is 0.102. The molecule has 0 unspecified atom stereocenters. The van der Waals surface area contributed by atoms with E-state index >= 15 is 0 Å². The van der Waals surface area contributed by atoms with Gasteiger partial charge in [0.1, 0.15) is 11.6 Å². The van der Waals surface area contributed by atoms with Gasteiger partial charge in [0.2, 0.25) is 0 Å². The lowest BCUT2D eigenvalue weighted by atomic mass is 10.1. The van der Waals surface area contributed by atoms with E-state index in [1.165, 1.54) is 18.3 Å². The molecule has 0 atom stereocenters. The minimum atomic E-state index is -0.298. The molecule has 0 aliphatic heterocycles. The van der Waals surface area contributed by atoms with Crippen LogP contribution in [0.2, 0.25) is 0 Å². The van der Waals surface area contributed by atoms with Crippen LogP contribution in [0.1, 0.15) is 17.3 Å². The molecule has 0 aliphatic rings. The number of pyridine rings is 1. The van der Waals surface area contributed by atoms with Crippen molar-refractivity contribution in [3.63, 3.8) is 0 Å². The summed E-state index contributed by atoms with van der Waals surface area (Å²) < 4.78 is 18.5. The van der Waals surface area contributed by atoms with E-state index in [-0.39, 0.29) is 11.7 Å². The highest BCUT2D eigenvalue weighted by molar-refractivity contribution is 6.04. The van der Waals surface area contributed by atoms with E-state index in [0.29, 0.717) is 29.3 Å². The van der Waals surface area contributed by atoms with Crippen molar-refractivity contribution in [3.8, 4) is 17.0 Å². The van der Waals surface area contributed by atoms with Crippen LogP contribution in [0.15, 0.2) is 66.9 Å². The maximum absolute atomic E-state index is 13.0. The third kappa shape index (κ3) is 4.01. The number of hydrogen-bond donors (Lipinski definition) is 1. The Kier molecular flexibility index (Phi) is 5.04. The number of halogens is 1. The van der Waals surface area contributed by atoms with Crippen LogP contribution >= 0.6 is 0 Å². The topological polar surface area (TPSA) is 51.2 Å². The predicted octanol–water partition coefficient (Wildman–Crippen LogP) is 4.54. The molecule has 25 heavy (non-hydrogen) atoms. The number of hydrogen-bond acceptors (Lipinski definition) is 3. The van der Waals surface area contributed by atoms with Gasteiger partial charge >= 0.3 is 0 Å². The highest BCUT2D eigenvalue weighted by atomic mass is 19.1. The van der Waals surface area contributed by atoms with Crippen molar-refractivity contribution >= 4 is 11.6 Å².